The number of aromatic nitrogens is 3. The Labute approximate surface area is 190 Å². The lowest BCUT2D eigenvalue weighted by molar-refractivity contribution is -0.113. The molecular weight excluding hydrogens is 429 g/mol. The van der Waals surface area contributed by atoms with Crippen molar-refractivity contribution < 1.29 is 14.0 Å². The third-order valence-electron chi connectivity index (χ3n) is 4.85. The van der Waals surface area contributed by atoms with Gasteiger partial charge in [-0.25, -0.2) is 4.39 Å². The summed E-state index contributed by atoms with van der Waals surface area (Å²) in [4.78, 5) is 24.5. The molecule has 3 aromatic rings. The van der Waals surface area contributed by atoms with Gasteiger partial charge in [-0.3, -0.25) is 9.59 Å². The molecule has 168 valence electrons. The van der Waals surface area contributed by atoms with Crippen LogP contribution in [0.2, 0.25) is 0 Å². The molecule has 2 N–H and O–H groups in total. The van der Waals surface area contributed by atoms with E-state index in [1.54, 1.807) is 6.07 Å². The van der Waals surface area contributed by atoms with E-state index in [9.17, 15) is 14.0 Å². The van der Waals surface area contributed by atoms with Crippen LogP contribution in [0, 0.1) is 19.7 Å². The van der Waals surface area contributed by atoms with Crippen molar-refractivity contribution >= 4 is 29.3 Å². The topological polar surface area (TPSA) is 88.9 Å². The van der Waals surface area contributed by atoms with Gasteiger partial charge in [0.1, 0.15) is 11.6 Å². The second-order valence-electron chi connectivity index (χ2n) is 7.28. The van der Waals surface area contributed by atoms with E-state index >= 15 is 0 Å². The maximum atomic E-state index is 13.7. The normalized spacial score (nSPS) is 10.8. The SMILES string of the molecule is CCn1c(CCNC(=O)c2ccccc2F)nnc1SCC(=O)Nc1ccc(C)cc1C. The number of benzene rings is 2. The van der Waals surface area contributed by atoms with E-state index in [1.165, 1.54) is 30.0 Å². The molecule has 0 saturated heterocycles. The van der Waals surface area contributed by atoms with Gasteiger partial charge < -0.3 is 15.2 Å². The molecule has 0 aliphatic rings. The maximum absolute atomic E-state index is 13.7. The highest BCUT2D eigenvalue weighted by Gasteiger charge is 2.15. The van der Waals surface area contributed by atoms with Crippen LogP contribution in [0.3, 0.4) is 0 Å². The Bertz CT molecular complexity index is 1120. The summed E-state index contributed by atoms with van der Waals surface area (Å²) in [6.45, 7) is 6.86. The summed E-state index contributed by atoms with van der Waals surface area (Å²) in [5.41, 5.74) is 2.96. The Morgan fingerprint density at radius 1 is 1.12 bits per heavy atom. The van der Waals surface area contributed by atoms with E-state index < -0.39 is 11.7 Å². The van der Waals surface area contributed by atoms with Crippen LogP contribution in [0.15, 0.2) is 47.6 Å². The van der Waals surface area contributed by atoms with Crippen LogP contribution in [0.25, 0.3) is 0 Å². The number of nitrogens with zero attached hydrogens (tertiary/aromatic N) is 3. The van der Waals surface area contributed by atoms with Crippen molar-refractivity contribution in [1.29, 1.82) is 0 Å². The molecule has 0 spiro atoms. The van der Waals surface area contributed by atoms with Gasteiger partial charge in [-0.1, -0.05) is 41.6 Å². The van der Waals surface area contributed by atoms with Crippen LogP contribution in [-0.2, 0) is 17.8 Å². The average molecular weight is 456 g/mol. The van der Waals surface area contributed by atoms with Crippen LogP contribution in [-0.4, -0.2) is 38.9 Å². The molecule has 0 bridgehead atoms. The van der Waals surface area contributed by atoms with E-state index in [1.807, 2.05) is 43.5 Å². The molecule has 0 unspecified atom stereocenters. The van der Waals surface area contributed by atoms with Crippen LogP contribution in [0.4, 0.5) is 10.1 Å². The van der Waals surface area contributed by atoms with Gasteiger partial charge in [0.05, 0.1) is 11.3 Å². The number of hydrogen-bond acceptors (Lipinski definition) is 5. The highest BCUT2D eigenvalue weighted by molar-refractivity contribution is 7.99. The Kier molecular flexibility index (Phi) is 7.99. The number of hydrogen-bond donors (Lipinski definition) is 2. The minimum absolute atomic E-state index is 0.00975. The summed E-state index contributed by atoms with van der Waals surface area (Å²) in [5.74, 6) is -0.247. The van der Waals surface area contributed by atoms with Crippen LogP contribution < -0.4 is 10.6 Å². The van der Waals surface area contributed by atoms with Gasteiger partial charge in [0, 0.05) is 25.2 Å². The van der Waals surface area contributed by atoms with E-state index in [0.29, 0.717) is 30.5 Å². The van der Waals surface area contributed by atoms with Crippen molar-refractivity contribution in [3.63, 3.8) is 0 Å². The number of aryl methyl sites for hydroxylation is 2. The molecular formula is C23H26FN5O2S. The van der Waals surface area contributed by atoms with Gasteiger partial charge >= 0.3 is 0 Å². The zero-order valence-electron chi connectivity index (χ0n) is 18.3. The van der Waals surface area contributed by atoms with Gasteiger partial charge in [-0.2, -0.15) is 0 Å². The molecule has 0 radical (unpaired) electrons. The number of rotatable bonds is 9. The number of nitrogens with one attached hydrogen (secondary N) is 2. The first-order chi connectivity index (χ1) is 15.4. The van der Waals surface area contributed by atoms with Gasteiger partial charge in [-0.05, 0) is 44.5 Å². The molecule has 32 heavy (non-hydrogen) atoms. The third-order valence-corrected chi connectivity index (χ3v) is 5.82. The largest absolute Gasteiger partial charge is 0.351 e. The lowest BCUT2D eigenvalue weighted by atomic mass is 10.1. The first-order valence-electron chi connectivity index (χ1n) is 10.3. The highest BCUT2D eigenvalue weighted by Crippen LogP contribution is 2.20. The first-order valence-corrected chi connectivity index (χ1v) is 11.3. The van der Waals surface area contributed by atoms with Crippen molar-refractivity contribution in [3.05, 3.63) is 70.8 Å². The summed E-state index contributed by atoms with van der Waals surface area (Å²) in [7, 11) is 0. The van der Waals surface area contributed by atoms with Crippen LogP contribution in [0.1, 0.15) is 34.2 Å². The summed E-state index contributed by atoms with van der Waals surface area (Å²) < 4.78 is 15.6. The molecule has 0 aliphatic heterocycles. The van der Waals surface area contributed by atoms with Crippen molar-refractivity contribution in [3.8, 4) is 0 Å². The van der Waals surface area contributed by atoms with Crippen LogP contribution in [0.5, 0.6) is 0 Å². The summed E-state index contributed by atoms with van der Waals surface area (Å²) in [6.07, 6.45) is 0.441. The number of thioether (sulfide) groups is 1. The molecule has 0 saturated carbocycles. The monoisotopic (exact) mass is 455 g/mol. The van der Waals surface area contributed by atoms with Crippen LogP contribution >= 0.6 is 11.8 Å². The number of carbonyl (C=O) groups excluding carboxylic acids is 2. The Morgan fingerprint density at radius 2 is 1.91 bits per heavy atom. The number of carbonyl (C=O) groups is 2. The summed E-state index contributed by atoms with van der Waals surface area (Å²) >= 11 is 1.31. The highest BCUT2D eigenvalue weighted by atomic mass is 32.2. The predicted octanol–water partition coefficient (Wildman–Crippen LogP) is 3.76. The zero-order chi connectivity index (χ0) is 23.1. The Morgan fingerprint density at radius 3 is 2.62 bits per heavy atom. The van der Waals surface area contributed by atoms with E-state index in [4.69, 9.17) is 0 Å². The zero-order valence-corrected chi connectivity index (χ0v) is 19.1. The van der Waals surface area contributed by atoms with Crippen molar-refractivity contribution in [2.45, 2.75) is 38.9 Å². The standard InChI is InChI=1S/C23H26FN5O2S/c1-4-29-20(11-12-25-22(31)17-7-5-6-8-18(17)24)27-28-23(29)32-14-21(30)26-19-10-9-15(2)13-16(19)3/h5-10,13H,4,11-12,14H2,1-3H3,(H,25,31)(H,26,30). The summed E-state index contributed by atoms with van der Waals surface area (Å²) in [6, 6.07) is 11.7. The van der Waals surface area contributed by atoms with Gasteiger partial charge in [0.2, 0.25) is 5.91 Å². The van der Waals surface area contributed by atoms with E-state index in [-0.39, 0.29) is 17.2 Å². The molecule has 2 amide bonds. The minimum Gasteiger partial charge on any atom is -0.351 e. The van der Waals surface area contributed by atoms with Crippen molar-refractivity contribution in [1.82, 2.24) is 20.1 Å². The molecule has 7 nitrogen and oxygen atoms in total. The fraction of sp³-hybridized carbons (Fsp3) is 0.304. The number of amides is 2. The minimum atomic E-state index is -0.556. The molecule has 0 aliphatic carbocycles. The lowest BCUT2D eigenvalue weighted by Crippen LogP contribution is -2.27. The van der Waals surface area contributed by atoms with Gasteiger partial charge in [-0.15, -0.1) is 10.2 Å². The maximum Gasteiger partial charge on any atom is 0.254 e. The second kappa shape index (κ2) is 10.9. The Hall–Kier alpha value is -3.20. The molecule has 1 aromatic heterocycles. The van der Waals surface area contributed by atoms with E-state index in [2.05, 4.69) is 20.8 Å². The molecule has 0 atom stereocenters. The van der Waals surface area contributed by atoms with Gasteiger partial charge in [0.15, 0.2) is 5.16 Å². The number of halogens is 1. The van der Waals surface area contributed by atoms with Gasteiger partial charge in [0.25, 0.3) is 5.91 Å². The first kappa shape index (κ1) is 23.5. The second-order valence-corrected chi connectivity index (χ2v) is 8.23. The number of anilines is 1. The predicted molar refractivity (Wildman–Crippen MR) is 123 cm³/mol. The fourth-order valence-electron chi connectivity index (χ4n) is 3.23. The molecule has 0 fully saturated rings. The third kappa shape index (κ3) is 5.94. The molecule has 2 aromatic carbocycles. The average Bonchev–Trinajstić information content (AvgIpc) is 3.16. The molecule has 3 rings (SSSR count). The molecule has 9 heteroatoms. The van der Waals surface area contributed by atoms with Crippen molar-refractivity contribution in [2.24, 2.45) is 0 Å². The smallest absolute Gasteiger partial charge is 0.254 e. The fourth-order valence-corrected chi connectivity index (χ4v) is 4.05. The van der Waals surface area contributed by atoms with E-state index in [0.717, 1.165) is 16.8 Å². The van der Waals surface area contributed by atoms with Crippen molar-refractivity contribution in [2.75, 3.05) is 17.6 Å². The quantitative estimate of drug-likeness (QED) is 0.480. The Balaban J connectivity index is 1.53. The molecule has 1 heterocycles. The lowest BCUT2D eigenvalue weighted by Gasteiger charge is -2.10. The summed E-state index contributed by atoms with van der Waals surface area (Å²) in [5, 5.41) is 14.6.